The maximum absolute atomic E-state index is 12.1. The van der Waals surface area contributed by atoms with E-state index in [4.69, 9.17) is 9.15 Å². The van der Waals surface area contributed by atoms with Gasteiger partial charge in [0.15, 0.2) is 18.2 Å². The fourth-order valence-corrected chi connectivity index (χ4v) is 2.59. The Morgan fingerprint density at radius 3 is 2.30 bits per heavy atom. The molecule has 0 aliphatic heterocycles. The summed E-state index contributed by atoms with van der Waals surface area (Å²) >= 11 is 0. The monoisotopic (exact) mass is 406 g/mol. The molecule has 0 aliphatic carbocycles. The molecule has 30 heavy (non-hydrogen) atoms. The summed E-state index contributed by atoms with van der Waals surface area (Å²) in [7, 11) is 0. The van der Waals surface area contributed by atoms with Crippen molar-refractivity contribution >= 4 is 34.9 Å². The van der Waals surface area contributed by atoms with Crippen LogP contribution in [0.4, 0.5) is 11.4 Å². The number of esters is 1. The molecule has 152 valence electrons. The van der Waals surface area contributed by atoms with Crippen molar-refractivity contribution in [1.29, 1.82) is 0 Å². The molecule has 0 spiro atoms. The lowest BCUT2D eigenvalue weighted by Crippen LogP contribution is -2.22. The standard InChI is InChI=1S/C22H18N2O6/c1-14(25)17-5-2-3-6-18(17)24-20(26)13-30-22(28)15-8-10-16(11-9-15)23-21(27)19-7-4-12-29-19/h2-12H,13H2,1H3,(H,23,27)(H,24,26). The molecule has 1 aromatic heterocycles. The molecule has 0 atom stereocenters. The molecule has 2 amide bonds. The van der Waals surface area contributed by atoms with E-state index in [1.54, 1.807) is 30.3 Å². The second-order valence-electron chi connectivity index (χ2n) is 6.23. The maximum Gasteiger partial charge on any atom is 0.338 e. The summed E-state index contributed by atoms with van der Waals surface area (Å²) in [5.74, 6) is -1.72. The van der Waals surface area contributed by atoms with E-state index in [0.717, 1.165) is 0 Å². The number of benzene rings is 2. The largest absolute Gasteiger partial charge is 0.459 e. The quantitative estimate of drug-likeness (QED) is 0.458. The van der Waals surface area contributed by atoms with Gasteiger partial charge < -0.3 is 19.8 Å². The van der Waals surface area contributed by atoms with Crippen LogP contribution in [0.1, 0.15) is 38.2 Å². The molecule has 0 saturated carbocycles. The second kappa shape index (κ2) is 9.33. The predicted octanol–water partition coefficient (Wildman–Crippen LogP) is 3.53. The van der Waals surface area contributed by atoms with Gasteiger partial charge in [0.25, 0.3) is 11.8 Å². The highest BCUT2D eigenvalue weighted by atomic mass is 16.5. The highest BCUT2D eigenvalue weighted by Gasteiger charge is 2.14. The SMILES string of the molecule is CC(=O)c1ccccc1NC(=O)COC(=O)c1ccc(NC(=O)c2ccco2)cc1. The molecule has 0 fully saturated rings. The number of nitrogens with one attached hydrogen (secondary N) is 2. The molecule has 3 aromatic rings. The highest BCUT2D eigenvalue weighted by molar-refractivity contribution is 6.04. The topological polar surface area (TPSA) is 115 Å². The Morgan fingerprint density at radius 2 is 1.63 bits per heavy atom. The van der Waals surface area contributed by atoms with Gasteiger partial charge in [-0.1, -0.05) is 12.1 Å². The van der Waals surface area contributed by atoms with E-state index in [9.17, 15) is 19.2 Å². The second-order valence-corrected chi connectivity index (χ2v) is 6.23. The average molecular weight is 406 g/mol. The first-order chi connectivity index (χ1) is 14.4. The third-order valence-corrected chi connectivity index (χ3v) is 4.04. The summed E-state index contributed by atoms with van der Waals surface area (Å²) in [6.07, 6.45) is 1.39. The molecule has 0 unspecified atom stereocenters. The van der Waals surface area contributed by atoms with Crippen LogP contribution in [-0.2, 0) is 9.53 Å². The number of rotatable bonds is 7. The number of carbonyl (C=O) groups is 4. The van der Waals surface area contributed by atoms with E-state index in [2.05, 4.69) is 10.6 Å². The number of hydrogen-bond donors (Lipinski definition) is 2. The summed E-state index contributed by atoms with van der Waals surface area (Å²) in [4.78, 5) is 47.7. The van der Waals surface area contributed by atoms with Crippen molar-refractivity contribution in [2.75, 3.05) is 17.2 Å². The number of anilines is 2. The van der Waals surface area contributed by atoms with Gasteiger partial charge in [-0.15, -0.1) is 0 Å². The first-order valence-electron chi connectivity index (χ1n) is 8.96. The van der Waals surface area contributed by atoms with Crippen LogP contribution < -0.4 is 10.6 Å². The van der Waals surface area contributed by atoms with Gasteiger partial charge in [0.2, 0.25) is 0 Å². The first kappa shape index (κ1) is 20.5. The summed E-state index contributed by atoms with van der Waals surface area (Å²) < 4.78 is 10.0. The highest BCUT2D eigenvalue weighted by Crippen LogP contribution is 2.16. The Hall–Kier alpha value is -4.20. The maximum atomic E-state index is 12.1. The molecular formula is C22H18N2O6. The van der Waals surface area contributed by atoms with Crippen molar-refractivity contribution in [2.24, 2.45) is 0 Å². The Balaban J connectivity index is 1.53. The number of furan rings is 1. The fraction of sp³-hybridized carbons (Fsp3) is 0.0909. The fourth-order valence-electron chi connectivity index (χ4n) is 2.59. The van der Waals surface area contributed by atoms with Crippen LogP contribution in [0.5, 0.6) is 0 Å². The van der Waals surface area contributed by atoms with Gasteiger partial charge in [-0.05, 0) is 55.5 Å². The lowest BCUT2D eigenvalue weighted by Gasteiger charge is -2.10. The molecule has 8 heteroatoms. The van der Waals surface area contributed by atoms with Crippen molar-refractivity contribution in [1.82, 2.24) is 0 Å². The minimum Gasteiger partial charge on any atom is -0.459 e. The Kier molecular flexibility index (Phi) is 6.39. The van der Waals surface area contributed by atoms with Crippen molar-refractivity contribution in [3.63, 3.8) is 0 Å². The molecule has 2 aromatic carbocycles. The van der Waals surface area contributed by atoms with Gasteiger partial charge in [-0.2, -0.15) is 0 Å². The zero-order valence-corrected chi connectivity index (χ0v) is 16.0. The zero-order valence-electron chi connectivity index (χ0n) is 16.0. The number of hydrogen-bond acceptors (Lipinski definition) is 6. The number of ether oxygens (including phenoxy) is 1. The van der Waals surface area contributed by atoms with Gasteiger partial charge in [0.1, 0.15) is 0 Å². The number of carbonyl (C=O) groups excluding carboxylic acids is 4. The van der Waals surface area contributed by atoms with Crippen molar-refractivity contribution < 1.29 is 28.3 Å². The van der Waals surface area contributed by atoms with E-state index >= 15 is 0 Å². The van der Waals surface area contributed by atoms with Gasteiger partial charge in [0, 0.05) is 11.3 Å². The normalized spacial score (nSPS) is 10.2. The molecular weight excluding hydrogens is 388 g/mol. The van der Waals surface area contributed by atoms with Crippen LogP contribution >= 0.6 is 0 Å². The van der Waals surface area contributed by atoms with E-state index in [0.29, 0.717) is 16.9 Å². The van der Waals surface area contributed by atoms with E-state index in [1.807, 2.05) is 0 Å². The van der Waals surface area contributed by atoms with Crippen LogP contribution in [0.25, 0.3) is 0 Å². The molecule has 2 N–H and O–H groups in total. The molecule has 0 aliphatic rings. The lowest BCUT2D eigenvalue weighted by molar-refractivity contribution is -0.119. The number of ketones is 1. The van der Waals surface area contributed by atoms with Crippen LogP contribution in [0.2, 0.25) is 0 Å². The minimum atomic E-state index is -0.700. The molecule has 0 radical (unpaired) electrons. The molecule has 3 rings (SSSR count). The van der Waals surface area contributed by atoms with Crippen LogP contribution in [0, 0.1) is 0 Å². The molecule has 1 heterocycles. The smallest absolute Gasteiger partial charge is 0.338 e. The first-order valence-corrected chi connectivity index (χ1v) is 8.96. The number of para-hydroxylation sites is 1. The van der Waals surface area contributed by atoms with Crippen LogP contribution in [0.3, 0.4) is 0 Å². The Morgan fingerprint density at radius 1 is 0.900 bits per heavy atom. The summed E-state index contributed by atoms with van der Waals surface area (Å²) in [6.45, 7) is 0.883. The van der Waals surface area contributed by atoms with E-state index in [1.165, 1.54) is 43.5 Å². The van der Waals surface area contributed by atoms with Crippen molar-refractivity contribution in [3.8, 4) is 0 Å². The van der Waals surface area contributed by atoms with Gasteiger partial charge in [-0.3, -0.25) is 14.4 Å². The lowest BCUT2D eigenvalue weighted by atomic mass is 10.1. The van der Waals surface area contributed by atoms with Crippen LogP contribution in [0.15, 0.2) is 71.3 Å². The van der Waals surface area contributed by atoms with Gasteiger partial charge >= 0.3 is 5.97 Å². The van der Waals surface area contributed by atoms with Gasteiger partial charge in [-0.25, -0.2) is 4.79 Å². The minimum absolute atomic E-state index is 0.163. The van der Waals surface area contributed by atoms with Crippen molar-refractivity contribution in [2.45, 2.75) is 6.92 Å². The predicted molar refractivity (Wildman–Crippen MR) is 108 cm³/mol. The van der Waals surface area contributed by atoms with E-state index in [-0.39, 0.29) is 17.1 Å². The van der Waals surface area contributed by atoms with Crippen LogP contribution in [-0.4, -0.2) is 30.2 Å². The van der Waals surface area contributed by atoms with Crippen molar-refractivity contribution in [3.05, 3.63) is 83.8 Å². The number of Topliss-reactive ketones (excluding diaryl/α,β-unsaturated/α-hetero) is 1. The third-order valence-electron chi connectivity index (χ3n) is 4.04. The summed E-state index contributed by atoms with van der Waals surface area (Å²) in [5, 5.41) is 5.18. The molecule has 8 nitrogen and oxygen atoms in total. The molecule has 0 saturated heterocycles. The Bertz CT molecular complexity index is 1070. The Labute approximate surface area is 171 Å². The van der Waals surface area contributed by atoms with E-state index < -0.39 is 24.4 Å². The third kappa shape index (κ3) is 5.20. The number of amides is 2. The zero-order chi connectivity index (χ0) is 21.5. The van der Waals surface area contributed by atoms with Gasteiger partial charge in [0.05, 0.1) is 17.5 Å². The molecule has 0 bridgehead atoms. The summed E-state index contributed by atoms with van der Waals surface area (Å²) in [6, 6.07) is 15.7. The average Bonchev–Trinajstić information content (AvgIpc) is 3.28. The summed E-state index contributed by atoms with van der Waals surface area (Å²) in [5.41, 5.74) is 1.39.